The second kappa shape index (κ2) is 9.91. The molecule has 1 heterocycles. The molecular formula is C28H28FN3O2. The van der Waals surface area contributed by atoms with E-state index in [0.717, 1.165) is 34.8 Å². The number of allylic oxidation sites excluding steroid dienone is 2. The van der Waals surface area contributed by atoms with E-state index in [1.54, 1.807) is 37.6 Å². The Morgan fingerprint density at radius 3 is 2.62 bits per heavy atom. The molecular weight excluding hydrogens is 429 g/mol. The van der Waals surface area contributed by atoms with E-state index in [-0.39, 0.29) is 11.7 Å². The van der Waals surface area contributed by atoms with Crippen molar-refractivity contribution in [2.24, 2.45) is 5.10 Å². The number of rotatable bonds is 7. The quantitative estimate of drug-likeness (QED) is 0.378. The molecule has 4 rings (SSSR count). The molecule has 0 saturated carbocycles. The Labute approximate surface area is 199 Å². The van der Waals surface area contributed by atoms with Crippen molar-refractivity contribution in [1.29, 1.82) is 0 Å². The molecule has 34 heavy (non-hydrogen) atoms. The van der Waals surface area contributed by atoms with Crippen molar-refractivity contribution in [2.45, 2.75) is 25.7 Å². The molecule has 1 N–H and O–H groups in total. The van der Waals surface area contributed by atoms with Gasteiger partial charge in [0.05, 0.1) is 7.11 Å². The van der Waals surface area contributed by atoms with E-state index in [0.29, 0.717) is 12.0 Å². The van der Waals surface area contributed by atoms with E-state index in [4.69, 9.17) is 4.74 Å². The molecule has 0 saturated heterocycles. The number of nitrogens with zero attached hydrogens (tertiary/aromatic N) is 2. The van der Waals surface area contributed by atoms with E-state index in [1.165, 1.54) is 6.07 Å². The van der Waals surface area contributed by atoms with Gasteiger partial charge in [-0.25, -0.2) is 9.82 Å². The molecule has 1 amide bonds. The standard InChI is InChI=1S/C28H28FN3O2/c1-4-32-25-14-13-23(34-3)18-24(25)28(2,19-20-9-8-12-22(29)17-20)26(32)15-16-30-31-27(33)21-10-6-5-7-11-21/h5-18H,4,19H2,1-3H3,(H,31,33)/b26-15-,30-16+. The number of benzene rings is 3. The van der Waals surface area contributed by atoms with Crippen LogP contribution in [0.25, 0.3) is 0 Å². The normalized spacial score (nSPS) is 18.4. The van der Waals surface area contributed by atoms with Gasteiger partial charge in [-0.3, -0.25) is 4.79 Å². The first-order chi connectivity index (χ1) is 16.5. The molecule has 1 aliphatic rings. The van der Waals surface area contributed by atoms with Gasteiger partial charge in [-0.2, -0.15) is 5.10 Å². The van der Waals surface area contributed by atoms with E-state index in [9.17, 15) is 9.18 Å². The molecule has 1 aliphatic heterocycles. The lowest BCUT2D eigenvalue weighted by atomic mass is 9.76. The summed E-state index contributed by atoms with van der Waals surface area (Å²) in [5.41, 5.74) is 6.76. The highest BCUT2D eigenvalue weighted by molar-refractivity contribution is 5.94. The fraction of sp³-hybridized carbons (Fsp3) is 0.214. The van der Waals surface area contributed by atoms with Crippen LogP contribution in [-0.2, 0) is 11.8 Å². The summed E-state index contributed by atoms with van der Waals surface area (Å²) in [4.78, 5) is 14.5. The third-order valence-electron chi connectivity index (χ3n) is 6.22. The van der Waals surface area contributed by atoms with Gasteiger partial charge in [0.2, 0.25) is 0 Å². The van der Waals surface area contributed by atoms with Crippen LogP contribution in [0.1, 0.15) is 35.3 Å². The maximum Gasteiger partial charge on any atom is 0.271 e. The number of fused-ring (bicyclic) bond motifs is 1. The average Bonchev–Trinajstić information content (AvgIpc) is 3.08. The molecule has 0 bridgehead atoms. The number of carbonyl (C=O) groups is 1. The van der Waals surface area contributed by atoms with E-state index < -0.39 is 5.41 Å². The first kappa shape index (κ1) is 23.2. The highest BCUT2D eigenvalue weighted by Crippen LogP contribution is 2.50. The summed E-state index contributed by atoms with van der Waals surface area (Å²) in [5.74, 6) is 0.239. The van der Waals surface area contributed by atoms with Gasteiger partial charge < -0.3 is 9.64 Å². The fourth-order valence-electron chi connectivity index (χ4n) is 4.60. The van der Waals surface area contributed by atoms with Crippen LogP contribution in [0.5, 0.6) is 5.75 Å². The number of halogens is 1. The Kier molecular flexibility index (Phi) is 6.77. The Hall–Kier alpha value is -3.93. The molecule has 0 radical (unpaired) electrons. The van der Waals surface area contributed by atoms with Crippen molar-refractivity contribution >= 4 is 17.8 Å². The zero-order chi connectivity index (χ0) is 24.1. The summed E-state index contributed by atoms with van der Waals surface area (Å²) in [6, 6.07) is 21.7. The summed E-state index contributed by atoms with van der Waals surface area (Å²) in [7, 11) is 1.65. The van der Waals surface area contributed by atoms with Gasteiger partial charge in [-0.15, -0.1) is 0 Å². The van der Waals surface area contributed by atoms with Gasteiger partial charge in [0.25, 0.3) is 5.91 Å². The SMILES string of the molecule is CCN1/C(=C\C=N\NC(=O)c2ccccc2)C(C)(Cc2cccc(F)c2)c2cc(OC)ccc21. The van der Waals surface area contributed by atoms with Gasteiger partial charge >= 0.3 is 0 Å². The molecule has 1 unspecified atom stereocenters. The van der Waals surface area contributed by atoms with Gasteiger partial charge in [0.1, 0.15) is 11.6 Å². The van der Waals surface area contributed by atoms with Crippen molar-refractivity contribution in [2.75, 3.05) is 18.6 Å². The second-order valence-electron chi connectivity index (χ2n) is 8.40. The summed E-state index contributed by atoms with van der Waals surface area (Å²) < 4.78 is 19.5. The molecule has 0 spiro atoms. The van der Waals surface area contributed by atoms with Crippen molar-refractivity contribution in [3.8, 4) is 5.75 Å². The zero-order valence-corrected chi connectivity index (χ0v) is 19.6. The summed E-state index contributed by atoms with van der Waals surface area (Å²) in [6.07, 6.45) is 4.11. The first-order valence-electron chi connectivity index (χ1n) is 11.3. The second-order valence-corrected chi connectivity index (χ2v) is 8.40. The van der Waals surface area contributed by atoms with Gasteiger partial charge in [0, 0.05) is 35.1 Å². The predicted octanol–water partition coefficient (Wildman–Crippen LogP) is 5.47. The summed E-state index contributed by atoms with van der Waals surface area (Å²) in [5, 5.41) is 4.15. The molecule has 0 fully saturated rings. The molecule has 1 atom stereocenters. The third-order valence-corrected chi connectivity index (χ3v) is 6.22. The van der Waals surface area contributed by atoms with Gasteiger partial charge in [0.15, 0.2) is 0 Å². The maximum absolute atomic E-state index is 14.0. The van der Waals surface area contributed by atoms with Crippen LogP contribution >= 0.6 is 0 Å². The van der Waals surface area contributed by atoms with Crippen molar-refractivity contribution in [3.63, 3.8) is 0 Å². The smallest absolute Gasteiger partial charge is 0.271 e. The van der Waals surface area contributed by atoms with Crippen molar-refractivity contribution in [1.82, 2.24) is 5.43 Å². The first-order valence-corrected chi connectivity index (χ1v) is 11.3. The summed E-state index contributed by atoms with van der Waals surface area (Å²) >= 11 is 0. The third kappa shape index (κ3) is 4.57. The maximum atomic E-state index is 14.0. The number of hydrogen-bond acceptors (Lipinski definition) is 4. The molecule has 0 aliphatic carbocycles. The van der Waals surface area contributed by atoms with Crippen molar-refractivity contribution in [3.05, 3.63) is 107 Å². The lowest BCUT2D eigenvalue weighted by Gasteiger charge is -2.30. The molecule has 0 aromatic heterocycles. The van der Waals surface area contributed by atoms with Gasteiger partial charge in [-0.1, -0.05) is 30.3 Å². The Bertz CT molecular complexity index is 1240. The van der Waals surface area contributed by atoms with Crippen LogP contribution in [0, 0.1) is 5.82 Å². The zero-order valence-electron chi connectivity index (χ0n) is 19.6. The fourth-order valence-corrected chi connectivity index (χ4v) is 4.60. The monoisotopic (exact) mass is 457 g/mol. The number of hydrazone groups is 1. The van der Waals surface area contributed by atoms with Crippen LogP contribution in [0.2, 0.25) is 0 Å². The lowest BCUT2D eigenvalue weighted by Crippen LogP contribution is -2.31. The minimum Gasteiger partial charge on any atom is -0.497 e. The Balaban J connectivity index is 1.69. The van der Waals surface area contributed by atoms with Crippen LogP contribution in [0.3, 0.4) is 0 Å². The topological polar surface area (TPSA) is 53.9 Å². The highest BCUT2D eigenvalue weighted by Gasteiger charge is 2.43. The van der Waals surface area contributed by atoms with Gasteiger partial charge in [-0.05, 0) is 79.9 Å². The van der Waals surface area contributed by atoms with E-state index >= 15 is 0 Å². The van der Waals surface area contributed by atoms with Crippen LogP contribution < -0.4 is 15.1 Å². The summed E-state index contributed by atoms with van der Waals surface area (Å²) in [6.45, 7) is 4.98. The van der Waals surface area contributed by atoms with Crippen LogP contribution in [0.15, 0.2) is 89.7 Å². The molecule has 5 nitrogen and oxygen atoms in total. The molecule has 3 aromatic carbocycles. The molecule has 174 valence electrons. The minimum atomic E-state index is -0.455. The van der Waals surface area contributed by atoms with Crippen LogP contribution in [0.4, 0.5) is 10.1 Å². The highest BCUT2D eigenvalue weighted by atomic mass is 19.1. The number of amides is 1. The number of methoxy groups -OCH3 is 1. The largest absolute Gasteiger partial charge is 0.497 e. The number of anilines is 1. The van der Waals surface area contributed by atoms with E-state index in [1.807, 2.05) is 42.5 Å². The van der Waals surface area contributed by atoms with Crippen molar-refractivity contribution < 1.29 is 13.9 Å². The Morgan fingerprint density at radius 2 is 1.91 bits per heavy atom. The Morgan fingerprint density at radius 1 is 1.12 bits per heavy atom. The number of likely N-dealkylation sites (N-methyl/N-ethyl adjacent to an activating group) is 1. The van der Waals surface area contributed by atoms with E-state index in [2.05, 4.69) is 35.3 Å². The average molecular weight is 458 g/mol. The molecule has 3 aromatic rings. The lowest BCUT2D eigenvalue weighted by molar-refractivity contribution is 0.0955. The number of carbonyl (C=O) groups excluding carboxylic acids is 1. The molecule has 6 heteroatoms. The predicted molar refractivity (Wildman–Crippen MR) is 134 cm³/mol. The number of hydrogen-bond donors (Lipinski definition) is 1. The van der Waals surface area contributed by atoms with Crippen LogP contribution in [-0.4, -0.2) is 25.8 Å². The number of nitrogens with one attached hydrogen (secondary N) is 1. The number of ether oxygens (including phenoxy) is 1. The minimum absolute atomic E-state index is 0.256.